The van der Waals surface area contributed by atoms with Gasteiger partial charge in [-0.3, -0.25) is 19.3 Å². The van der Waals surface area contributed by atoms with Gasteiger partial charge in [0.05, 0.1) is 18.8 Å². The number of hydrogen-bond acceptors (Lipinski definition) is 4. The number of nitrogens with zero attached hydrogens (tertiary/aromatic N) is 5. The second-order valence-corrected chi connectivity index (χ2v) is 6.74. The lowest BCUT2D eigenvalue weighted by atomic mass is 10.2. The maximum Gasteiger partial charge on any atom is 0.274 e. The third-order valence-corrected chi connectivity index (χ3v) is 4.99. The summed E-state index contributed by atoms with van der Waals surface area (Å²) in [5.74, 6) is -0.0512. The molecule has 0 spiro atoms. The van der Waals surface area contributed by atoms with Gasteiger partial charge in [0.2, 0.25) is 0 Å². The summed E-state index contributed by atoms with van der Waals surface area (Å²) >= 11 is 0. The summed E-state index contributed by atoms with van der Waals surface area (Å²) in [4.78, 5) is 33.3. The Morgan fingerprint density at radius 2 is 1.84 bits per heavy atom. The zero-order valence-electron chi connectivity index (χ0n) is 14.5. The molecule has 0 unspecified atom stereocenters. The SMILES string of the molecule is Cc1cc(C(=O)N2Cc3c(C(=O)N4CCCC4)nn(C)c3C2)ccn1. The van der Waals surface area contributed by atoms with Gasteiger partial charge in [-0.25, -0.2) is 0 Å². The molecule has 2 aliphatic rings. The number of pyridine rings is 1. The van der Waals surface area contributed by atoms with Gasteiger partial charge < -0.3 is 9.80 Å². The molecule has 1 fully saturated rings. The molecule has 0 saturated carbocycles. The second-order valence-electron chi connectivity index (χ2n) is 6.74. The molecule has 25 heavy (non-hydrogen) atoms. The quantitative estimate of drug-likeness (QED) is 0.832. The average Bonchev–Trinajstić information content (AvgIpc) is 3.32. The summed E-state index contributed by atoms with van der Waals surface area (Å²) in [6, 6.07) is 3.52. The normalized spacial score (nSPS) is 16.4. The smallest absolute Gasteiger partial charge is 0.274 e. The number of carbonyl (C=O) groups excluding carboxylic acids is 2. The van der Waals surface area contributed by atoms with Crippen LogP contribution in [0.15, 0.2) is 18.3 Å². The van der Waals surface area contributed by atoms with E-state index in [1.165, 1.54) is 0 Å². The van der Waals surface area contributed by atoms with Gasteiger partial charge >= 0.3 is 0 Å². The summed E-state index contributed by atoms with van der Waals surface area (Å²) < 4.78 is 1.74. The van der Waals surface area contributed by atoms with Crippen LogP contribution < -0.4 is 0 Å². The molecular formula is C18H21N5O2. The van der Waals surface area contributed by atoms with E-state index < -0.39 is 0 Å². The third-order valence-electron chi connectivity index (χ3n) is 4.99. The van der Waals surface area contributed by atoms with Crippen molar-refractivity contribution in [1.82, 2.24) is 24.6 Å². The Bertz CT molecular complexity index is 851. The highest BCUT2D eigenvalue weighted by molar-refractivity contribution is 5.96. The minimum atomic E-state index is -0.0405. The molecule has 7 nitrogen and oxygen atoms in total. The van der Waals surface area contributed by atoms with Gasteiger partial charge in [-0.05, 0) is 31.9 Å². The lowest BCUT2D eigenvalue weighted by Gasteiger charge is -2.17. The van der Waals surface area contributed by atoms with Crippen molar-refractivity contribution in [3.8, 4) is 0 Å². The van der Waals surface area contributed by atoms with E-state index in [-0.39, 0.29) is 11.8 Å². The van der Waals surface area contributed by atoms with E-state index in [4.69, 9.17) is 0 Å². The van der Waals surface area contributed by atoms with E-state index in [1.807, 2.05) is 18.9 Å². The molecule has 0 bridgehead atoms. The number of rotatable bonds is 2. The van der Waals surface area contributed by atoms with Crippen LogP contribution in [0.1, 0.15) is 50.6 Å². The molecule has 0 atom stereocenters. The molecule has 130 valence electrons. The lowest BCUT2D eigenvalue weighted by Crippen LogP contribution is -2.30. The standard InChI is InChI=1S/C18H21N5O2/c1-12-9-13(5-6-19-12)17(24)23-10-14-15(11-23)21(2)20-16(14)18(25)22-7-3-4-8-22/h5-6,9H,3-4,7-8,10-11H2,1-2H3. The Hall–Kier alpha value is -2.70. The zero-order chi connectivity index (χ0) is 17.6. The monoisotopic (exact) mass is 339 g/mol. The van der Waals surface area contributed by atoms with Crippen molar-refractivity contribution in [1.29, 1.82) is 0 Å². The van der Waals surface area contributed by atoms with Crippen LogP contribution in [-0.4, -0.2) is 49.5 Å². The molecular weight excluding hydrogens is 318 g/mol. The van der Waals surface area contributed by atoms with E-state index in [9.17, 15) is 9.59 Å². The lowest BCUT2D eigenvalue weighted by molar-refractivity contribution is 0.0736. The molecule has 2 aromatic rings. The van der Waals surface area contributed by atoms with Crippen LogP contribution >= 0.6 is 0 Å². The fourth-order valence-corrected chi connectivity index (χ4v) is 3.64. The minimum absolute atomic E-state index is 0.0107. The van der Waals surface area contributed by atoms with Crippen LogP contribution in [0.4, 0.5) is 0 Å². The summed E-state index contributed by atoms with van der Waals surface area (Å²) in [5.41, 5.74) is 3.77. The predicted octanol–water partition coefficient (Wildman–Crippen LogP) is 1.52. The first-order valence-electron chi connectivity index (χ1n) is 8.60. The highest BCUT2D eigenvalue weighted by Crippen LogP contribution is 2.28. The van der Waals surface area contributed by atoms with Gasteiger partial charge in [0.1, 0.15) is 0 Å². The Kier molecular flexibility index (Phi) is 3.78. The maximum atomic E-state index is 12.8. The average molecular weight is 339 g/mol. The predicted molar refractivity (Wildman–Crippen MR) is 90.9 cm³/mol. The fraction of sp³-hybridized carbons (Fsp3) is 0.444. The van der Waals surface area contributed by atoms with E-state index in [2.05, 4.69) is 10.1 Å². The van der Waals surface area contributed by atoms with Gasteiger partial charge in [0, 0.05) is 43.2 Å². The van der Waals surface area contributed by atoms with Crippen molar-refractivity contribution < 1.29 is 9.59 Å². The number of aromatic nitrogens is 3. The van der Waals surface area contributed by atoms with Crippen LogP contribution in [0.3, 0.4) is 0 Å². The van der Waals surface area contributed by atoms with Crippen molar-refractivity contribution in [2.45, 2.75) is 32.9 Å². The maximum absolute atomic E-state index is 12.8. The molecule has 7 heteroatoms. The first-order chi connectivity index (χ1) is 12.0. The first kappa shape index (κ1) is 15.8. The largest absolute Gasteiger partial charge is 0.337 e. The van der Waals surface area contributed by atoms with E-state index in [0.717, 1.165) is 42.9 Å². The van der Waals surface area contributed by atoms with Crippen molar-refractivity contribution >= 4 is 11.8 Å². The van der Waals surface area contributed by atoms with Gasteiger partial charge in [0.25, 0.3) is 11.8 Å². The molecule has 0 N–H and O–H groups in total. The van der Waals surface area contributed by atoms with Gasteiger partial charge in [-0.15, -0.1) is 0 Å². The highest BCUT2D eigenvalue weighted by Gasteiger charge is 2.34. The van der Waals surface area contributed by atoms with Crippen LogP contribution in [0.25, 0.3) is 0 Å². The second kappa shape index (κ2) is 5.98. The number of aryl methyl sites for hydroxylation is 2. The van der Waals surface area contributed by atoms with Gasteiger partial charge in [-0.2, -0.15) is 5.10 Å². The summed E-state index contributed by atoms with van der Waals surface area (Å²) in [7, 11) is 1.84. The van der Waals surface area contributed by atoms with Crippen LogP contribution in [-0.2, 0) is 20.1 Å². The van der Waals surface area contributed by atoms with Crippen molar-refractivity contribution in [2.75, 3.05) is 13.1 Å². The van der Waals surface area contributed by atoms with Crippen LogP contribution in [0.2, 0.25) is 0 Å². The number of likely N-dealkylation sites (tertiary alicyclic amines) is 1. The van der Waals surface area contributed by atoms with Gasteiger partial charge in [-0.1, -0.05) is 0 Å². The fourth-order valence-electron chi connectivity index (χ4n) is 3.64. The summed E-state index contributed by atoms with van der Waals surface area (Å²) in [5, 5.41) is 4.43. The number of fused-ring (bicyclic) bond motifs is 1. The number of hydrogen-bond donors (Lipinski definition) is 0. The minimum Gasteiger partial charge on any atom is -0.337 e. The molecule has 2 aromatic heterocycles. The Morgan fingerprint density at radius 3 is 2.56 bits per heavy atom. The summed E-state index contributed by atoms with van der Waals surface area (Å²) in [6.07, 6.45) is 3.75. The highest BCUT2D eigenvalue weighted by atomic mass is 16.2. The molecule has 0 aliphatic carbocycles. The molecule has 2 aliphatic heterocycles. The van der Waals surface area contributed by atoms with E-state index in [0.29, 0.717) is 24.3 Å². The van der Waals surface area contributed by atoms with Gasteiger partial charge in [0.15, 0.2) is 5.69 Å². The van der Waals surface area contributed by atoms with Crippen molar-refractivity contribution in [2.24, 2.45) is 7.05 Å². The Morgan fingerprint density at radius 1 is 1.08 bits per heavy atom. The van der Waals surface area contributed by atoms with Crippen LogP contribution in [0, 0.1) is 6.92 Å². The Labute approximate surface area is 146 Å². The molecule has 4 rings (SSSR count). The van der Waals surface area contributed by atoms with Crippen LogP contribution in [0.5, 0.6) is 0 Å². The number of carbonyl (C=O) groups is 2. The van der Waals surface area contributed by atoms with E-state index >= 15 is 0 Å². The van der Waals surface area contributed by atoms with E-state index in [1.54, 1.807) is 27.9 Å². The molecule has 4 heterocycles. The molecule has 1 saturated heterocycles. The topological polar surface area (TPSA) is 71.3 Å². The molecule has 2 amide bonds. The van der Waals surface area contributed by atoms with Crippen molar-refractivity contribution in [3.05, 3.63) is 46.5 Å². The van der Waals surface area contributed by atoms with Crippen molar-refractivity contribution in [3.63, 3.8) is 0 Å². The zero-order valence-corrected chi connectivity index (χ0v) is 14.5. The third kappa shape index (κ3) is 2.69. The first-order valence-corrected chi connectivity index (χ1v) is 8.60. The Balaban J connectivity index is 1.59. The molecule has 0 radical (unpaired) electrons. The molecule has 0 aromatic carbocycles. The summed E-state index contributed by atoms with van der Waals surface area (Å²) in [6.45, 7) is 4.36. The number of amides is 2.